The molecule has 1 heterocycles. The minimum atomic E-state index is -0.373. The Morgan fingerprint density at radius 3 is 2.47 bits per heavy atom. The minimum absolute atomic E-state index is 0.125. The zero-order chi connectivity index (χ0) is 14.2. The van der Waals surface area contributed by atoms with Crippen molar-refractivity contribution in [1.29, 1.82) is 0 Å². The highest BCUT2D eigenvalue weighted by Crippen LogP contribution is 2.31. The fourth-order valence-electron chi connectivity index (χ4n) is 2.01. The monoisotopic (exact) mass is 260 g/mol. The van der Waals surface area contributed by atoms with E-state index < -0.39 is 0 Å². The first-order valence-electron chi connectivity index (χ1n) is 6.01. The van der Waals surface area contributed by atoms with Crippen LogP contribution >= 0.6 is 0 Å². The van der Waals surface area contributed by atoms with Gasteiger partial charge in [-0.1, -0.05) is 0 Å². The van der Waals surface area contributed by atoms with Crippen molar-refractivity contribution in [3.63, 3.8) is 0 Å². The number of hydrogen-bond donors (Lipinski definition) is 1. The third kappa shape index (κ3) is 2.51. The third-order valence-electron chi connectivity index (χ3n) is 3.08. The number of nitrogens with zero attached hydrogens (tertiary/aromatic N) is 1. The van der Waals surface area contributed by atoms with Crippen LogP contribution in [0.3, 0.4) is 0 Å². The number of hydrogen-bond acceptors (Lipinski definition) is 4. The summed E-state index contributed by atoms with van der Waals surface area (Å²) in [4.78, 5) is 10.5. The molecule has 2 N–H and O–H groups in total. The van der Waals surface area contributed by atoms with E-state index >= 15 is 0 Å². The van der Waals surface area contributed by atoms with Crippen LogP contribution in [-0.4, -0.2) is 4.92 Å². The standard InChI is InChI=1S/C14H16N2O3/c1-8-7-12(16(17)18)9(2)6-11(8)14-5-4-13(19-14)10(3)15/h4-7,10H,15H2,1-3H3. The van der Waals surface area contributed by atoms with E-state index in [9.17, 15) is 10.1 Å². The molecular weight excluding hydrogens is 244 g/mol. The Hall–Kier alpha value is -2.14. The molecule has 1 unspecified atom stereocenters. The molecular formula is C14H16N2O3. The molecule has 1 atom stereocenters. The van der Waals surface area contributed by atoms with Gasteiger partial charge in [-0.3, -0.25) is 10.1 Å². The summed E-state index contributed by atoms with van der Waals surface area (Å²) in [6.45, 7) is 5.39. The van der Waals surface area contributed by atoms with E-state index in [0.29, 0.717) is 17.1 Å². The molecule has 0 aliphatic carbocycles. The van der Waals surface area contributed by atoms with E-state index in [0.717, 1.165) is 11.1 Å². The number of nitro benzene ring substituents is 1. The Bertz CT molecular complexity index is 630. The van der Waals surface area contributed by atoms with Gasteiger partial charge in [-0.15, -0.1) is 0 Å². The molecule has 0 saturated carbocycles. The van der Waals surface area contributed by atoms with Gasteiger partial charge in [-0.05, 0) is 44.5 Å². The summed E-state index contributed by atoms with van der Waals surface area (Å²) in [6, 6.07) is 6.84. The molecule has 19 heavy (non-hydrogen) atoms. The summed E-state index contributed by atoms with van der Waals surface area (Å²) in [6.07, 6.45) is 0. The normalized spacial score (nSPS) is 12.4. The first-order valence-corrected chi connectivity index (χ1v) is 6.01. The Kier molecular flexibility index (Phi) is 3.40. The van der Waals surface area contributed by atoms with Crippen molar-refractivity contribution in [1.82, 2.24) is 0 Å². The average molecular weight is 260 g/mol. The number of nitrogens with two attached hydrogens (primary N) is 1. The van der Waals surface area contributed by atoms with E-state index in [1.807, 2.05) is 26.0 Å². The second-order valence-corrected chi connectivity index (χ2v) is 4.70. The molecule has 0 fully saturated rings. The van der Waals surface area contributed by atoms with Gasteiger partial charge < -0.3 is 10.2 Å². The summed E-state index contributed by atoms with van der Waals surface area (Å²) in [7, 11) is 0. The molecule has 1 aromatic heterocycles. The van der Waals surface area contributed by atoms with Crippen LogP contribution in [0.5, 0.6) is 0 Å². The van der Waals surface area contributed by atoms with Crippen LogP contribution in [0.15, 0.2) is 28.7 Å². The van der Waals surface area contributed by atoms with E-state index in [1.54, 1.807) is 19.1 Å². The van der Waals surface area contributed by atoms with Crippen molar-refractivity contribution in [2.45, 2.75) is 26.8 Å². The molecule has 0 amide bonds. The summed E-state index contributed by atoms with van der Waals surface area (Å²) >= 11 is 0. The Balaban J connectivity index is 2.50. The van der Waals surface area contributed by atoms with Gasteiger partial charge in [0.25, 0.3) is 5.69 Å². The number of rotatable bonds is 3. The maximum Gasteiger partial charge on any atom is 0.272 e. The summed E-state index contributed by atoms with van der Waals surface area (Å²) < 4.78 is 5.67. The first kappa shape index (κ1) is 13.3. The highest BCUT2D eigenvalue weighted by Gasteiger charge is 2.16. The second kappa shape index (κ2) is 4.85. The minimum Gasteiger partial charge on any atom is -0.459 e. The highest BCUT2D eigenvalue weighted by atomic mass is 16.6. The van der Waals surface area contributed by atoms with Gasteiger partial charge in [0.05, 0.1) is 11.0 Å². The maximum absolute atomic E-state index is 10.9. The van der Waals surface area contributed by atoms with E-state index in [-0.39, 0.29) is 16.7 Å². The molecule has 2 aromatic rings. The number of aryl methyl sites for hydroxylation is 2. The Labute approximate surface area is 111 Å². The lowest BCUT2D eigenvalue weighted by molar-refractivity contribution is -0.385. The molecule has 0 radical (unpaired) electrons. The Morgan fingerprint density at radius 1 is 1.26 bits per heavy atom. The zero-order valence-corrected chi connectivity index (χ0v) is 11.1. The molecule has 1 aromatic carbocycles. The SMILES string of the molecule is Cc1cc([N+](=O)[O-])c(C)cc1-c1ccc(C(C)N)o1. The van der Waals surface area contributed by atoms with Crippen LogP contribution in [-0.2, 0) is 0 Å². The van der Waals surface area contributed by atoms with Crippen molar-refractivity contribution in [3.8, 4) is 11.3 Å². The van der Waals surface area contributed by atoms with E-state index in [2.05, 4.69) is 0 Å². The number of nitro groups is 1. The summed E-state index contributed by atoms with van der Waals surface area (Å²) in [5.41, 5.74) is 8.16. The summed E-state index contributed by atoms with van der Waals surface area (Å²) in [5.74, 6) is 1.38. The maximum atomic E-state index is 10.9. The van der Waals surface area contributed by atoms with Gasteiger partial charge in [-0.25, -0.2) is 0 Å². The van der Waals surface area contributed by atoms with Crippen molar-refractivity contribution < 1.29 is 9.34 Å². The predicted octanol–water partition coefficient (Wildman–Crippen LogP) is 3.49. The molecule has 0 saturated heterocycles. The van der Waals surface area contributed by atoms with Crippen molar-refractivity contribution in [3.05, 3.63) is 51.3 Å². The van der Waals surface area contributed by atoms with Gasteiger partial charge in [0.2, 0.25) is 0 Å². The van der Waals surface area contributed by atoms with Crippen molar-refractivity contribution >= 4 is 5.69 Å². The van der Waals surface area contributed by atoms with Crippen LogP contribution in [0, 0.1) is 24.0 Å². The van der Waals surface area contributed by atoms with Crippen LogP contribution in [0.2, 0.25) is 0 Å². The first-order chi connectivity index (χ1) is 8.90. The molecule has 0 bridgehead atoms. The molecule has 5 heteroatoms. The van der Waals surface area contributed by atoms with E-state index in [1.165, 1.54) is 0 Å². The van der Waals surface area contributed by atoms with Crippen molar-refractivity contribution in [2.24, 2.45) is 5.73 Å². The quantitative estimate of drug-likeness (QED) is 0.676. The van der Waals surface area contributed by atoms with Crippen LogP contribution in [0.1, 0.15) is 29.9 Å². The topological polar surface area (TPSA) is 82.3 Å². The molecule has 100 valence electrons. The zero-order valence-electron chi connectivity index (χ0n) is 11.1. The fraction of sp³-hybridized carbons (Fsp3) is 0.286. The number of benzene rings is 1. The van der Waals surface area contributed by atoms with Gasteiger partial charge in [0.1, 0.15) is 11.5 Å². The smallest absolute Gasteiger partial charge is 0.272 e. The molecule has 0 aliphatic heterocycles. The van der Waals surface area contributed by atoms with Gasteiger partial charge >= 0.3 is 0 Å². The average Bonchev–Trinajstić information content (AvgIpc) is 2.80. The van der Waals surface area contributed by atoms with Crippen LogP contribution in [0.25, 0.3) is 11.3 Å². The molecule has 2 rings (SSSR count). The lowest BCUT2D eigenvalue weighted by Crippen LogP contribution is -2.02. The summed E-state index contributed by atoms with van der Waals surface area (Å²) in [5, 5.41) is 10.9. The third-order valence-corrected chi connectivity index (χ3v) is 3.08. The Morgan fingerprint density at radius 2 is 1.95 bits per heavy atom. The van der Waals surface area contributed by atoms with Gasteiger partial charge in [0, 0.05) is 17.2 Å². The lowest BCUT2D eigenvalue weighted by Gasteiger charge is -2.06. The van der Waals surface area contributed by atoms with Crippen LogP contribution in [0.4, 0.5) is 5.69 Å². The van der Waals surface area contributed by atoms with Gasteiger partial charge in [0.15, 0.2) is 0 Å². The van der Waals surface area contributed by atoms with E-state index in [4.69, 9.17) is 10.2 Å². The lowest BCUT2D eigenvalue weighted by atomic mass is 10.0. The second-order valence-electron chi connectivity index (χ2n) is 4.70. The number of furan rings is 1. The van der Waals surface area contributed by atoms with Crippen LogP contribution < -0.4 is 5.73 Å². The molecule has 0 spiro atoms. The fourth-order valence-corrected chi connectivity index (χ4v) is 2.01. The predicted molar refractivity (Wildman–Crippen MR) is 72.9 cm³/mol. The largest absolute Gasteiger partial charge is 0.459 e. The highest BCUT2D eigenvalue weighted by molar-refractivity contribution is 5.66. The van der Waals surface area contributed by atoms with Gasteiger partial charge in [-0.2, -0.15) is 0 Å². The molecule has 5 nitrogen and oxygen atoms in total. The molecule has 0 aliphatic rings. The van der Waals surface area contributed by atoms with Crippen molar-refractivity contribution in [2.75, 3.05) is 0 Å².